The molecule has 39 heavy (non-hydrogen) atoms. The maximum Gasteiger partial charge on any atom is 0.228 e. The highest BCUT2D eigenvalue weighted by Crippen LogP contribution is 2.36. The predicted octanol–water partition coefficient (Wildman–Crippen LogP) is 5.73. The highest BCUT2D eigenvalue weighted by Gasteiger charge is 2.31. The number of benzene rings is 3. The lowest BCUT2D eigenvalue weighted by molar-refractivity contribution is -0.125. The number of amides is 1. The van der Waals surface area contributed by atoms with Crippen LogP contribution >= 0.6 is 0 Å². The van der Waals surface area contributed by atoms with Crippen LogP contribution in [0.2, 0.25) is 0 Å². The van der Waals surface area contributed by atoms with Crippen molar-refractivity contribution in [3.63, 3.8) is 0 Å². The summed E-state index contributed by atoms with van der Waals surface area (Å²) in [6.45, 7) is 0.405. The van der Waals surface area contributed by atoms with Gasteiger partial charge in [-0.3, -0.25) is 9.00 Å². The number of aliphatic hydroxyl groups excluding tert-OH is 1. The van der Waals surface area contributed by atoms with Crippen molar-refractivity contribution in [1.82, 2.24) is 14.9 Å². The van der Waals surface area contributed by atoms with Crippen molar-refractivity contribution in [3.05, 3.63) is 95.6 Å². The van der Waals surface area contributed by atoms with Gasteiger partial charge in [0.2, 0.25) is 5.91 Å². The van der Waals surface area contributed by atoms with Gasteiger partial charge in [0.05, 0.1) is 46.9 Å². The average molecular weight is 544 g/mol. The Morgan fingerprint density at radius 2 is 1.62 bits per heavy atom. The van der Waals surface area contributed by atoms with Crippen LogP contribution in [0.25, 0.3) is 11.0 Å². The van der Waals surface area contributed by atoms with Crippen molar-refractivity contribution >= 4 is 27.7 Å². The quantitative estimate of drug-likeness (QED) is 0.264. The van der Waals surface area contributed by atoms with Crippen LogP contribution in [0.4, 0.5) is 0 Å². The van der Waals surface area contributed by atoms with Crippen molar-refractivity contribution in [2.24, 2.45) is 5.92 Å². The van der Waals surface area contributed by atoms with Gasteiger partial charge in [-0.05, 0) is 47.6 Å². The zero-order valence-corrected chi connectivity index (χ0v) is 23.3. The zero-order chi connectivity index (χ0) is 27.2. The van der Waals surface area contributed by atoms with E-state index in [-0.39, 0.29) is 24.3 Å². The summed E-state index contributed by atoms with van der Waals surface area (Å²) in [4.78, 5) is 18.4. The number of imidazole rings is 1. The Labute approximate surface area is 232 Å². The summed E-state index contributed by atoms with van der Waals surface area (Å²) in [5.41, 5.74) is 4.76. The van der Waals surface area contributed by atoms with E-state index in [0.29, 0.717) is 11.7 Å². The third-order valence-corrected chi connectivity index (χ3v) is 8.74. The fraction of sp³-hybridized carbons (Fsp3) is 0.375. The monoisotopic (exact) mass is 543 g/mol. The third-order valence-electron chi connectivity index (χ3n) is 7.91. The van der Waals surface area contributed by atoms with E-state index in [4.69, 9.17) is 0 Å². The van der Waals surface area contributed by atoms with E-state index in [1.165, 1.54) is 12.8 Å². The number of fused-ring (bicyclic) bond motifs is 1. The van der Waals surface area contributed by atoms with Crippen molar-refractivity contribution in [2.45, 2.75) is 62.2 Å². The second-order valence-electron chi connectivity index (χ2n) is 10.5. The van der Waals surface area contributed by atoms with Crippen LogP contribution in [0.1, 0.15) is 67.2 Å². The number of carbonyl (C=O) groups excluding carboxylic acids is 1. The highest BCUT2D eigenvalue weighted by atomic mass is 32.2. The number of aliphatic hydroxyl groups is 1. The van der Waals surface area contributed by atoms with Crippen LogP contribution in [0.15, 0.2) is 84.0 Å². The molecule has 7 heteroatoms. The number of hydrogen-bond acceptors (Lipinski definition) is 4. The van der Waals surface area contributed by atoms with Crippen molar-refractivity contribution in [1.29, 1.82) is 0 Å². The van der Waals surface area contributed by atoms with Gasteiger partial charge in [0, 0.05) is 6.26 Å². The number of para-hydroxylation sites is 2. The third kappa shape index (κ3) is 6.31. The molecule has 5 rings (SSSR count). The van der Waals surface area contributed by atoms with Crippen LogP contribution in [0.5, 0.6) is 0 Å². The zero-order valence-electron chi connectivity index (χ0n) is 22.5. The van der Waals surface area contributed by atoms with E-state index in [0.717, 1.165) is 53.4 Å². The second kappa shape index (κ2) is 12.7. The van der Waals surface area contributed by atoms with E-state index < -0.39 is 16.8 Å². The number of rotatable bonds is 9. The van der Waals surface area contributed by atoms with E-state index in [9.17, 15) is 14.1 Å². The largest absolute Gasteiger partial charge is 0.394 e. The molecule has 1 amide bonds. The van der Waals surface area contributed by atoms with Crippen LogP contribution in [-0.4, -0.2) is 37.6 Å². The SMILES string of the molecule is CS(=O)c1nc2ccccc2n1Cc1ccc([C@@H](C(=O)N[C@@H](CO)c2ccccc2)C2CCCCCC2)cc1. The van der Waals surface area contributed by atoms with Gasteiger partial charge in [-0.15, -0.1) is 0 Å². The van der Waals surface area contributed by atoms with Crippen LogP contribution < -0.4 is 5.32 Å². The van der Waals surface area contributed by atoms with Crippen molar-refractivity contribution in [2.75, 3.05) is 12.9 Å². The molecule has 1 saturated carbocycles. The van der Waals surface area contributed by atoms with E-state index >= 15 is 0 Å². The van der Waals surface area contributed by atoms with Gasteiger partial charge >= 0.3 is 0 Å². The van der Waals surface area contributed by atoms with Crippen molar-refractivity contribution in [3.8, 4) is 0 Å². The molecule has 1 heterocycles. The Morgan fingerprint density at radius 1 is 0.949 bits per heavy atom. The molecule has 0 aliphatic heterocycles. The molecule has 1 aliphatic rings. The first-order valence-corrected chi connectivity index (χ1v) is 15.4. The molecule has 2 N–H and O–H groups in total. The van der Waals surface area contributed by atoms with Crippen LogP contribution in [0, 0.1) is 5.92 Å². The Morgan fingerprint density at radius 3 is 2.28 bits per heavy atom. The van der Waals surface area contributed by atoms with Gasteiger partial charge in [-0.1, -0.05) is 92.4 Å². The molecular formula is C32H37N3O3S. The Kier molecular flexibility index (Phi) is 8.89. The molecular weight excluding hydrogens is 506 g/mol. The highest BCUT2D eigenvalue weighted by molar-refractivity contribution is 7.84. The number of nitrogens with zero attached hydrogens (tertiary/aromatic N) is 2. The van der Waals surface area contributed by atoms with E-state index in [2.05, 4.69) is 34.6 Å². The van der Waals surface area contributed by atoms with Crippen LogP contribution in [0.3, 0.4) is 0 Å². The summed E-state index contributed by atoms with van der Waals surface area (Å²) in [6.07, 6.45) is 8.42. The normalized spacial score (nSPS) is 16.9. The van der Waals surface area contributed by atoms with Crippen molar-refractivity contribution < 1.29 is 14.1 Å². The Balaban J connectivity index is 1.42. The lowest BCUT2D eigenvalue weighted by atomic mass is 9.80. The molecule has 204 valence electrons. The molecule has 6 nitrogen and oxygen atoms in total. The molecule has 0 saturated heterocycles. The average Bonchev–Trinajstić information content (AvgIpc) is 3.12. The smallest absolute Gasteiger partial charge is 0.228 e. The van der Waals surface area contributed by atoms with Gasteiger partial charge in [0.25, 0.3) is 0 Å². The summed E-state index contributed by atoms with van der Waals surface area (Å²) in [5.74, 6) is -0.0373. The molecule has 1 unspecified atom stereocenters. The van der Waals surface area contributed by atoms with E-state index in [1.54, 1.807) is 6.26 Å². The fourth-order valence-corrected chi connectivity index (χ4v) is 6.60. The maximum atomic E-state index is 13.8. The Hall–Kier alpha value is -3.29. The molecule has 0 radical (unpaired) electrons. The second-order valence-corrected chi connectivity index (χ2v) is 11.8. The Bertz CT molecular complexity index is 1410. The number of aromatic nitrogens is 2. The van der Waals surface area contributed by atoms with Gasteiger partial charge in [-0.2, -0.15) is 0 Å². The maximum absolute atomic E-state index is 13.8. The summed E-state index contributed by atoms with van der Waals surface area (Å²) in [5, 5.41) is 13.8. The molecule has 3 atom stereocenters. The number of nitrogens with one attached hydrogen (secondary N) is 1. The summed E-state index contributed by atoms with van der Waals surface area (Å²) in [6, 6.07) is 25.4. The fourth-order valence-electron chi connectivity index (χ4n) is 5.90. The van der Waals surface area contributed by atoms with Gasteiger partial charge in [-0.25, -0.2) is 4.98 Å². The molecule has 1 fully saturated rings. The number of carbonyl (C=O) groups is 1. The first-order valence-electron chi connectivity index (χ1n) is 13.9. The molecule has 1 aliphatic carbocycles. The molecule has 0 spiro atoms. The lowest BCUT2D eigenvalue weighted by Crippen LogP contribution is -2.37. The molecule has 0 bridgehead atoms. The molecule has 1 aromatic heterocycles. The summed E-state index contributed by atoms with van der Waals surface area (Å²) in [7, 11) is -1.21. The molecule has 3 aromatic carbocycles. The summed E-state index contributed by atoms with van der Waals surface area (Å²) >= 11 is 0. The first kappa shape index (κ1) is 27.3. The predicted molar refractivity (Wildman–Crippen MR) is 156 cm³/mol. The topological polar surface area (TPSA) is 84.2 Å². The van der Waals surface area contributed by atoms with E-state index in [1.807, 2.05) is 59.2 Å². The minimum absolute atomic E-state index is 0.0261. The lowest BCUT2D eigenvalue weighted by Gasteiger charge is -2.28. The first-order chi connectivity index (χ1) is 19.0. The van der Waals surface area contributed by atoms with Crippen LogP contribution in [-0.2, 0) is 22.1 Å². The van der Waals surface area contributed by atoms with Gasteiger partial charge in [0.15, 0.2) is 5.16 Å². The summed E-state index contributed by atoms with van der Waals surface area (Å²) < 4.78 is 14.4. The number of hydrogen-bond donors (Lipinski definition) is 2. The minimum atomic E-state index is -1.21. The standard InChI is InChI=1S/C32H37N3O3S/c1-39(38)32-34-27-15-9-10-16-29(27)35(32)21-23-17-19-26(20-18-23)30(25-13-5-2-3-6-14-25)31(37)33-28(22-36)24-11-7-4-8-12-24/h4,7-12,15-20,25,28,30,36H,2-3,5-6,13-14,21-22H2,1H3,(H,33,37)/t28-,30-,39?/m0/s1. The molecule has 4 aromatic rings. The van der Waals surface area contributed by atoms with Gasteiger partial charge < -0.3 is 15.0 Å². The minimum Gasteiger partial charge on any atom is -0.394 e. The van der Waals surface area contributed by atoms with Gasteiger partial charge in [0.1, 0.15) is 0 Å².